The predicted molar refractivity (Wildman–Crippen MR) is 76.9 cm³/mol. The number of hydrogen-bond acceptors (Lipinski definition) is 2. The van der Waals surface area contributed by atoms with Gasteiger partial charge in [0.25, 0.3) is 0 Å². The van der Waals surface area contributed by atoms with Crippen LogP contribution in [0.15, 0.2) is 0 Å². The largest absolute Gasteiger partial charge is 0.392 e. The molecule has 3 N–H and O–H groups in total. The van der Waals surface area contributed by atoms with Crippen LogP contribution in [0.1, 0.15) is 53.9 Å². The van der Waals surface area contributed by atoms with Gasteiger partial charge in [-0.1, -0.05) is 46.8 Å². The highest BCUT2D eigenvalue weighted by atomic mass is 32.1. The minimum absolute atomic E-state index is 0.0285. The predicted octanol–water partition coefficient (Wildman–Crippen LogP) is 2.63. The molecule has 0 aliphatic carbocycles. The molecule has 0 unspecified atom stereocenters. The first-order valence-electron chi connectivity index (χ1n) is 6.28. The van der Waals surface area contributed by atoms with E-state index in [0.29, 0.717) is 24.4 Å². The highest BCUT2D eigenvalue weighted by Crippen LogP contribution is 2.27. The van der Waals surface area contributed by atoms with Crippen LogP contribution in [-0.2, 0) is 4.79 Å². The van der Waals surface area contributed by atoms with Crippen molar-refractivity contribution in [3.05, 3.63) is 0 Å². The lowest BCUT2D eigenvalue weighted by atomic mass is 9.81. The van der Waals surface area contributed by atoms with Crippen LogP contribution >= 0.6 is 12.2 Å². The summed E-state index contributed by atoms with van der Waals surface area (Å²) in [6, 6.07) is 0. The van der Waals surface area contributed by atoms with Crippen molar-refractivity contribution in [2.75, 3.05) is 6.54 Å². The number of thiocarbonyl (C=S) groups is 1. The van der Waals surface area contributed by atoms with E-state index in [1.54, 1.807) is 0 Å². The van der Waals surface area contributed by atoms with Crippen molar-refractivity contribution in [2.45, 2.75) is 53.9 Å². The van der Waals surface area contributed by atoms with E-state index in [-0.39, 0.29) is 11.3 Å². The lowest BCUT2D eigenvalue weighted by molar-refractivity contribution is -0.127. The van der Waals surface area contributed by atoms with E-state index in [0.717, 1.165) is 6.42 Å². The van der Waals surface area contributed by atoms with Gasteiger partial charge >= 0.3 is 0 Å². The zero-order chi connectivity index (χ0) is 13.7. The highest BCUT2D eigenvalue weighted by molar-refractivity contribution is 7.80. The molecule has 0 aromatic heterocycles. The minimum atomic E-state index is -0.673. The van der Waals surface area contributed by atoms with Crippen molar-refractivity contribution in [3.63, 3.8) is 0 Å². The summed E-state index contributed by atoms with van der Waals surface area (Å²) in [6.45, 7) is 11.0. The second-order valence-corrected chi connectivity index (χ2v) is 6.16. The lowest BCUT2D eigenvalue weighted by Crippen LogP contribution is -2.48. The van der Waals surface area contributed by atoms with Crippen molar-refractivity contribution in [2.24, 2.45) is 16.6 Å². The molecule has 0 aliphatic rings. The average Bonchev–Trinajstić information content (AvgIpc) is 2.17. The van der Waals surface area contributed by atoms with Crippen LogP contribution in [0, 0.1) is 10.8 Å². The maximum atomic E-state index is 12.2. The lowest BCUT2D eigenvalue weighted by Gasteiger charge is -2.29. The second-order valence-electron chi connectivity index (χ2n) is 5.72. The molecule has 0 rings (SSSR count). The Hall–Kier alpha value is -0.640. The van der Waals surface area contributed by atoms with E-state index in [1.807, 2.05) is 13.8 Å². The van der Waals surface area contributed by atoms with Gasteiger partial charge in [-0.15, -0.1) is 0 Å². The molecule has 0 aromatic carbocycles. The van der Waals surface area contributed by atoms with Gasteiger partial charge in [0, 0.05) is 6.54 Å². The van der Waals surface area contributed by atoms with Crippen LogP contribution in [0.3, 0.4) is 0 Å². The zero-order valence-electron chi connectivity index (χ0n) is 11.7. The maximum absolute atomic E-state index is 12.2. The Bertz CT molecular complexity index is 278. The van der Waals surface area contributed by atoms with Gasteiger partial charge in [0.1, 0.15) is 0 Å². The van der Waals surface area contributed by atoms with Gasteiger partial charge in [-0.25, -0.2) is 0 Å². The molecule has 100 valence electrons. The van der Waals surface area contributed by atoms with Crippen molar-refractivity contribution in [1.29, 1.82) is 0 Å². The molecule has 3 nitrogen and oxygen atoms in total. The monoisotopic (exact) mass is 258 g/mol. The second kappa shape index (κ2) is 6.34. The first kappa shape index (κ1) is 16.4. The van der Waals surface area contributed by atoms with Gasteiger partial charge in [-0.05, 0) is 24.7 Å². The highest BCUT2D eigenvalue weighted by Gasteiger charge is 2.37. The van der Waals surface area contributed by atoms with Crippen LogP contribution < -0.4 is 11.1 Å². The summed E-state index contributed by atoms with van der Waals surface area (Å²) in [4.78, 5) is 12.5. The molecule has 0 atom stereocenters. The van der Waals surface area contributed by atoms with Gasteiger partial charge < -0.3 is 11.1 Å². The molecule has 0 saturated heterocycles. The van der Waals surface area contributed by atoms with Crippen molar-refractivity contribution < 1.29 is 4.79 Å². The Morgan fingerprint density at radius 3 is 2.00 bits per heavy atom. The smallest absolute Gasteiger partial charge is 0.233 e. The van der Waals surface area contributed by atoms with E-state index in [2.05, 4.69) is 26.1 Å². The maximum Gasteiger partial charge on any atom is 0.233 e. The minimum Gasteiger partial charge on any atom is -0.392 e. The molecule has 1 amide bonds. The first-order valence-corrected chi connectivity index (χ1v) is 6.68. The van der Waals surface area contributed by atoms with E-state index < -0.39 is 5.41 Å². The average molecular weight is 258 g/mol. The van der Waals surface area contributed by atoms with Crippen LogP contribution in [0.4, 0.5) is 0 Å². The van der Waals surface area contributed by atoms with E-state index >= 15 is 0 Å². The third-order valence-electron chi connectivity index (χ3n) is 3.27. The van der Waals surface area contributed by atoms with Gasteiger partial charge in [0.05, 0.1) is 10.4 Å². The standard InChI is InChI=1S/C13H26N2OS/c1-6-13(7-2,10(14)17)11(16)15-9-8-12(3,4)5/h6-9H2,1-5H3,(H2,14,17)(H,15,16). The van der Waals surface area contributed by atoms with Crippen molar-refractivity contribution in [1.82, 2.24) is 5.32 Å². The number of carbonyl (C=O) groups is 1. The number of nitrogens with two attached hydrogens (primary N) is 1. The number of carbonyl (C=O) groups excluding carboxylic acids is 1. The van der Waals surface area contributed by atoms with E-state index in [9.17, 15) is 4.79 Å². The Kier molecular flexibility index (Phi) is 6.10. The summed E-state index contributed by atoms with van der Waals surface area (Å²) in [5.74, 6) is -0.0285. The topological polar surface area (TPSA) is 55.1 Å². The van der Waals surface area contributed by atoms with Crippen molar-refractivity contribution >= 4 is 23.1 Å². The number of amides is 1. The molecule has 0 radical (unpaired) electrons. The molecule has 17 heavy (non-hydrogen) atoms. The number of rotatable bonds is 6. The van der Waals surface area contributed by atoms with Crippen LogP contribution in [0.2, 0.25) is 0 Å². The SMILES string of the molecule is CCC(CC)(C(=O)NCCC(C)(C)C)C(N)=S. The molecule has 0 heterocycles. The summed E-state index contributed by atoms with van der Waals surface area (Å²) < 4.78 is 0. The molecule has 0 fully saturated rings. The summed E-state index contributed by atoms with van der Waals surface area (Å²) in [5.41, 5.74) is 5.27. The molecule has 0 saturated carbocycles. The Morgan fingerprint density at radius 2 is 1.71 bits per heavy atom. The molecule has 4 heteroatoms. The van der Waals surface area contributed by atoms with Crippen LogP contribution in [-0.4, -0.2) is 17.4 Å². The van der Waals surface area contributed by atoms with Gasteiger partial charge in [-0.2, -0.15) is 0 Å². The Balaban J connectivity index is 4.51. The number of nitrogens with one attached hydrogen (secondary N) is 1. The fraction of sp³-hybridized carbons (Fsp3) is 0.846. The molecule has 0 aliphatic heterocycles. The zero-order valence-corrected chi connectivity index (χ0v) is 12.5. The molecule has 0 aromatic rings. The summed E-state index contributed by atoms with van der Waals surface area (Å²) in [5, 5.41) is 2.96. The quantitative estimate of drug-likeness (QED) is 0.720. The molecule has 0 spiro atoms. The van der Waals surface area contributed by atoms with E-state index in [4.69, 9.17) is 18.0 Å². The summed E-state index contributed by atoms with van der Waals surface area (Å²) in [7, 11) is 0. The fourth-order valence-corrected chi connectivity index (χ4v) is 2.13. The first-order chi connectivity index (χ1) is 7.69. The Morgan fingerprint density at radius 1 is 1.24 bits per heavy atom. The fourth-order valence-electron chi connectivity index (χ4n) is 1.75. The third-order valence-corrected chi connectivity index (χ3v) is 3.66. The summed E-state index contributed by atoms with van der Waals surface area (Å²) in [6.07, 6.45) is 2.25. The van der Waals surface area contributed by atoms with Gasteiger partial charge in [-0.3, -0.25) is 4.79 Å². The van der Waals surface area contributed by atoms with Crippen LogP contribution in [0.5, 0.6) is 0 Å². The van der Waals surface area contributed by atoms with E-state index in [1.165, 1.54) is 0 Å². The number of hydrogen-bond donors (Lipinski definition) is 2. The molecular formula is C13H26N2OS. The molecular weight excluding hydrogens is 232 g/mol. The van der Waals surface area contributed by atoms with Crippen molar-refractivity contribution in [3.8, 4) is 0 Å². The van der Waals surface area contributed by atoms with Crippen LogP contribution in [0.25, 0.3) is 0 Å². The third kappa shape index (κ3) is 4.62. The normalized spacial score (nSPS) is 12.3. The molecule has 0 bridgehead atoms. The summed E-state index contributed by atoms with van der Waals surface area (Å²) >= 11 is 5.04. The van der Waals surface area contributed by atoms with Gasteiger partial charge in [0.2, 0.25) is 5.91 Å². The van der Waals surface area contributed by atoms with Gasteiger partial charge in [0.15, 0.2) is 0 Å². The Labute approximate surface area is 111 Å².